The SMILES string of the molecule is CC(C)(C=O)COS(C)(=O)=O. The molecule has 0 aromatic carbocycles. The minimum absolute atomic E-state index is 0.102. The van der Waals surface area contributed by atoms with Crippen molar-refractivity contribution in [1.82, 2.24) is 0 Å². The highest BCUT2D eigenvalue weighted by molar-refractivity contribution is 7.85. The Kier molecular flexibility index (Phi) is 3.19. The first-order valence-corrected chi connectivity index (χ1v) is 4.89. The van der Waals surface area contributed by atoms with Gasteiger partial charge in [0, 0.05) is 5.41 Å². The Morgan fingerprint density at radius 2 is 1.91 bits per heavy atom. The van der Waals surface area contributed by atoms with Crippen molar-refractivity contribution in [2.24, 2.45) is 5.41 Å². The smallest absolute Gasteiger partial charge is 0.264 e. The predicted molar refractivity (Wildman–Crippen MR) is 40.6 cm³/mol. The van der Waals surface area contributed by atoms with Gasteiger partial charge in [-0.05, 0) is 0 Å². The van der Waals surface area contributed by atoms with Gasteiger partial charge in [0.2, 0.25) is 0 Å². The monoisotopic (exact) mass is 180 g/mol. The normalized spacial score (nSPS) is 13.0. The topological polar surface area (TPSA) is 60.4 Å². The van der Waals surface area contributed by atoms with E-state index in [1.54, 1.807) is 13.8 Å². The maximum Gasteiger partial charge on any atom is 0.264 e. The summed E-state index contributed by atoms with van der Waals surface area (Å²) in [5.74, 6) is 0. The summed E-state index contributed by atoms with van der Waals surface area (Å²) in [6.45, 7) is 3.10. The van der Waals surface area contributed by atoms with Crippen LogP contribution in [0.1, 0.15) is 13.8 Å². The van der Waals surface area contributed by atoms with Crippen LogP contribution in [0.25, 0.3) is 0 Å². The lowest BCUT2D eigenvalue weighted by Crippen LogP contribution is -2.22. The highest BCUT2D eigenvalue weighted by Gasteiger charge is 2.19. The van der Waals surface area contributed by atoms with Crippen molar-refractivity contribution in [1.29, 1.82) is 0 Å². The van der Waals surface area contributed by atoms with Crippen molar-refractivity contribution >= 4 is 16.4 Å². The largest absolute Gasteiger partial charge is 0.303 e. The molecule has 0 aliphatic carbocycles. The summed E-state index contributed by atoms with van der Waals surface area (Å²) < 4.78 is 25.3. The van der Waals surface area contributed by atoms with Crippen LogP contribution in [0.15, 0.2) is 0 Å². The van der Waals surface area contributed by atoms with Crippen molar-refractivity contribution in [2.75, 3.05) is 12.9 Å². The Morgan fingerprint density at radius 1 is 1.45 bits per heavy atom. The molecule has 0 bridgehead atoms. The van der Waals surface area contributed by atoms with Gasteiger partial charge in [-0.2, -0.15) is 8.42 Å². The molecule has 0 saturated carbocycles. The molecule has 0 N–H and O–H groups in total. The minimum Gasteiger partial charge on any atom is -0.303 e. The van der Waals surface area contributed by atoms with E-state index in [2.05, 4.69) is 4.18 Å². The Labute approximate surface area is 66.7 Å². The zero-order valence-electron chi connectivity index (χ0n) is 6.83. The maximum absolute atomic E-state index is 10.5. The quantitative estimate of drug-likeness (QED) is 0.457. The average molecular weight is 180 g/mol. The number of hydrogen-bond donors (Lipinski definition) is 0. The summed E-state index contributed by atoms with van der Waals surface area (Å²) in [7, 11) is -3.43. The van der Waals surface area contributed by atoms with Crippen LogP contribution in [0.2, 0.25) is 0 Å². The molecule has 0 spiro atoms. The molecular weight excluding hydrogens is 168 g/mol. The van der Waals surface area contributed by atoms with Gasteiger partial charge in [0.05, 0.1) is 12.9 Å². The first-order valence-electron chi connectivity index (χ1n) is 3.07. The molecule has 4 nitrogen and oxygen atoms in total. The van der Waals surface area contributed by atoms with E-state index in [1.165, 1.54) is 0 Å². The molecule has 0 rings (SSSR count). The molecule has 5 heteroatoms. The second kappa shape index (κ2) is 3.32. The van der Waals surface area contributed by atoms with E-state index in [0.717, 1.165) is 6.26 Å². The highest BCUT2D eigenvalue weighted by atomic mass is 32.2. The van der Waals surface area contributed by atoms with Crippen LogP contribution in [0.3, 0.4) is 0 Å². The minimum atomic E-state index is -3.43. The molecule has 0 saturated heterocycles. The van der Waals surface area contributed by atoms with E-state index < -0.39 is 15.5 Å². The summed E-state index contributed by atoms with van der Waals surface area (Å²) in [4.78, 5) is 10.3. The first-order chi connectivity index (χ1) is 4.77. The number of carbonyl (C=O) groups is 1. The Balaban J connectivity index is 4.00. The number of hydrogen-bond acceptors (Lipinski definition) is 4. The highest BCUT2D eigenvalue weighted by Crippen LogP contribution is 2.11. The molecule has 0 amide bonds. The molecule has 0 aliphatic heterocycles. The van der Waals surface area contributed by atoms with Crippen molar-refractivity contribution in [3.63, 3.8) is 0 Å². The van der Waals surface area contributed by atoms with Crippen LogP contribution in [0, 0.1) is 5.41 Å². The summed E-state index contributed by atoms with van der Waals surface area (Å²) >= 11 is 0. The van der Waals surface area contributed by atoms with Gasteiger partial charge < -0.3 is 4.79 Å². The number of carbonyl (C=O) groups excluding carboxylic acids is 1. The maximum atomic E-state index is 10.5. The molecule has 0 aliphatic rings. The van der Waals surface area contributed by atoms with Gasteiger partial charge in [0.15, 0.2) is 0 Å². The summed E-state index contributed by atoms with van der Waals surface area (Å²) in [6.07, 6.45) is 1.62. The molecule has 0 unspecified atom stereocenters. The van der Waals surface area contributed by atoms with Crippen LogP contribution in [-0.4, -0.2) is 27.6 Å². The van der Waals surface area contributed by atoms with Crippen LogP contribution < -0.4 is 0 Å². The second-order valence-corrected chi connectivity index (χ2v) is 4.72. The molecule has 0 aromatic heterocycles. The fourth-order valence-electron chi connectivity index (χ4n) is 0.293. The molecular formula is C6H12O4S. The molecule has 0 heterocycles. The fourth-order valence-corrected chi connectivity index (χ4v) is 0.811. The van der Waals surface area contributed by atoms with Gasteiger partial charge in [-0.25, -0.2) is 0 Å². The van der Waals surface area contributed by atoms with Gasteiger partial charge in [0.1, 0.15) is 6.29 Å². The molecule has 66 valence electrons. The van der Waals surface area contributed by atoms with E-state index in [4.69, 9.17) is 0 Å². The Morgan fingerprint density at radius 3 is 2.18 bits per heavy atom. The van der Waals surface area contributed by atoms with Crippen LogP contribution in [-0.2, 0) is 19.1 Å². The first kappa shape index (κ1) is 10.6. The summed E-state index contributed by atoms with van der Waals surface area (Å²) in [5, 5.41) is 0. The van der Waals surface area contributed by atoms with Crippen LogP contribution in [0.4, 0.5) is 0 Å². The summed E-state index contributed by atoms with van der Waals surface area (Å²) in [5.41, 5.74) is -0.733. The van der Waals surface area contributed by atoms with Gasteiger partial charge >= 0.3 is 0 Å². The predicted octanol–water partition coefficient (Wildman–Crippen LogP) is 0.188. The number of rotatable bonds is 4. The third-order valence-corrected chi connectivity index (χ3v) is 1.51. The molecule has 0 aromatic rings. The van der Waals surface area contributed by atoms with Gasteiger partial charge in [-0.15, -0.1) is 0 Å². The standard InChI is InChI=1S/C6H12O4S/c1-6(2,4-7)5-10-11(3,8)9/h4H,5H2,1-3H3. The number of aldehydes is 1. The molecule has 0 atom stereocenters. The van der Waals surface area contributed by atoms with Crippen molar-refractivity contribution < 1.29 is 17.4 Å². The molecule has 0 fully saturated rings. The van der Waals surface area contributed by atoms with Crippen molar-refractivity contribution in [3.8, 4) is 0 Å². The van der Waals surface area contributed by atoms with E-state index in [0.29, 0.717) is 6.29 Å². The average Bonchev–Trinajstić information content (AvgIpc) is 1.83. The Bertz CT molecular complexity index is 227. The second-order valence-electron chi connectivity index (χ2n) is 3.07. The molecule has 11 heavy (non-hydrogen) atoms. The van der Waals surface area contributed by atoms with Gasteiger partial charge in [0.25, 0.3) is 10.1 Å². The van der Waals surface area contributed by atoms with Gasteiger partial charge in [-0.1, -0.05) is 13.8 Å². The van der Waals surface area contributed by atoms with E-state index >= 15 is 0 Å². The van der Waals surface area contributed by atoms with E-state index in [1.807, 2.05) is 0 Å². The zero-order chi connectivity index (χ0) is 9.12. The molecule has 0 radical (unpaired) electrons. The lowest BCUT2D eigenvalue weighted by atomic mass is 9.98. The fraction of sp³-hybridized carbons (Fsp3) is 0.833. The van der Waals surface area contributed by atoms with Gasteiger partial charge in [-0.3, -0.25) is 4.18 Å². The van der Waals surface area contributed by atoms with E-state index in [9.17, 15) is 13.2 Å². The summed E-state index contributed by atoms with van der Waals surface area (Å²) in [6, 6.07) is 0. The third kappa shape index (κ3) is 6.00. The van der Waals surface area contributed by atoms with Crippen LogP contribution >= 0.6 is 0 Å². The Hall–Kier alpha value is -0.420. The van der Waals surface area contributed by atoms with Crippen LogP contribution in [0.5, 0.6) is 0 Å². The lowest BCUT2D eigenvalue weighted by molar-refractivity contribution is -0.115. The third-order valence-electron chi connectivity index (χ3n) is 0.964. The zero-order valence-corrected chi connectivity index (χ0v) is 7.64. The van der Waals surface area contributed by atoms with E-state index in [-0.39, 0.29) is 6.61 Å². The van der Waals surface area contributed by atoms with Crippen molar-refractivity contribution in [2.45, 2.75) is 13.8 Å². The lowest BCUT2D eigenvalue weighted by Gasteiger charge is -2.14. The van der Waals surface area contributed by atoms with Crippen molar-refractivity contribution in [3.05, 3.63) is 0 Å².